The van der Waals surface area contributed by atoms with E-state index in [1.165, 1.54) is 12.1 Å². The molecule has 3 nitrogen and oxygen atoms in total. The van der Waals surface area contributed by atoms with Crippen LogP contribution in [0.25, 0.3) is 0 Å². The normalized spacial score (nSPS) is 10.5. The van der Waals surface area contributed by atoms with E-state index in [0.29, 0.717) is 12.4 Å². The Hall–Kier alpha value is -1.94. The van der Waals surface area contributed by atoms with E-state index in [-0.39, 0.29) is 5.82 Å². The van der Waals surface area contributed by atoms with Crippen LogP contribution in [-0.4, -0.2) is 11.5 Å². The number of rotatable bonds is 7. The Balaban J connectivity index is 1.84. The molecule has 20 heavy (non-hydrogen) atoms. The van der Waals surface area contributed by atoms with Gasteiger partial charge in [0.2, 0.25) is 0 Å². The van der Waals surface area contributed by atoms with Crippen molar-refractivity contribution in [2.24, 2.45) is 0 Å². The molecule has 1 N–H and O–H groups in total. The van der Waals surface area contributed by atoms with Crippen LogP contribution in [0.3, 0.4) is 0 Å². The highest BCUT2D eigenvalue weighted by atomic mass is 19.1. The van der Waals surface area contributed by atoms with Crippen LogP contribution in [0.2, 0.25) is 0 Å². The first-order valence-electron chi connectivity index (χ1n) is 6.81. The fraction of sp³-hybridized carbons (Fsp3) is 0.312. The molecule has 0 amide bonds. The number of hydrogen-bond acceptors (Lipinski definition) is 3. The summed E-state index contributed by atoms with van der Waals surface area (Å²) in [7, 11) is 0. The van der Waals surface area contributed by atoms with E-state index in [1.807, 2.05) is 18.3 Å². The maximum absolute atomic E-state index is 13.0. The van der Waals surface area contributed by atoms with Gasteiger partial charge in [0.15, 0.2) is 0 Å². The van der Waals surface area contributed by atoms with Crippen LogP contribution in [0.5, 0.6) is 5.75 Å². The molecule has 0 spiro atoms. The highest BCUT2D eigenvalue weighted by Crippen LogP contribution is 2.13. The molecule has 0 radical (unpaired) electrons. The zero-order valence-electron chi connectivity index (χ0n) is 11.6. The number of nitrogens with zero attached hydrogens (tertiary/aromatic N) is 1. The van der Waals surface area contributed by atoms with Gasteiger partial charge < -0.3 is 10.1 Å². The molecule has 1 aromatic carbocycles. The van der Waals surface area contributed by atoms with Gasteiger partial charge in [0.25, 0.3) is 0 Å². The summed E-state index contributed by atoms with van der Waals surface area (Å²) in [4.78, 5) is 4.34. The van der Waals surface area contributed by atoms with Crippen molar-refractivity contribution in [3.63, 3.8) is 0 Å². The lowest BCUT2D eigenvalue weighted by molar-refractivity contribution is 0.299. The van der Waals surface area contributed by atoms with Crippen molar-refractivity contribution in [3.05, 3.63) is 59.7 Å². The van der Waals surface area contributed by atoms with Gasteiger partial charge in [0.05, 0.1) is 5.69 Å². The van der Waals surface area contributed by atoms with Crippen molar-refractivity contribution in [2.75, 3.05) is 6.54 Å². The summed E-state index contributed by atoms with van der Waals surface area (Å²) in [6.07, 6.45) is 2.96. The van der Waals surface area contributed by atoms with Crippen LogP contribution in [0.1, 0.15) is 24.6 Å². The number of nitrogens with one attached hydrogen (secondary N) is 1. The third-order valence-electron chi connectivity index (χ3n) is 2.82. The summed E-state index contributed by atoms with van der Waals surface area (Å²) < 4.78 is 18.5. The van der Waals surface area contributed by atoms with E-state index in [0.717, 1.165) is 30.8 Å². The van der Waals surface area contributed by atoms with Crippen molar-refractivity contribution >= 4 is 0 Å². The Morgan fingerprint density at radius 3 is 2.85 bits per heavy atom. The number of pyridine rings is 1. The average Bonchev–Trinajstić information content (AvgIpc) is 2.47. The Morgan fingerprint density at radius 1 is 1.25 bits per heavy atom. The van der Waals surface area contributed by atoms with E-state index >= 15 is 0 Å². The van der Waals surface area contributed by atoms with E-state index in [4.69, 9.17) is 4.74 Å². The molecule has 0 unspecified atom stereocenters. The predicted molar refractivity (Wildman–Crippen MR) is 77.0 cm³/mol. The minimum Gasteiger partial charge on any atom is -0.487 e. The third kappa shape index (κ3) is 4.63. The summed E-state index contributed by atoms with van der Waals surface area (Å²) in [5, 5.41) is 3.32. The van der Waals surface area contributed by atoms with Crippen LogP contribution >= 0.6 is 0 Å². The molecule has 2 aromatic rings. The molecule has 0 aliphatic rings. The standard InChI is InChI=1S/C16H19FN2O/c1-2-8-18-10-13-6-7-15(19-11-13)12-20-16-5-3-4-14(17)9-16/h3-7,9,11,18H,2,8,10,12H2,1H3. The smallest absolute Gasteiger partial charge is 0.130 e. The molecule has 0 fully saturated rings. The van der Waals surface area contributed by atoms with Crippen LogP contribution in [0.15, 0.2) is 42.6 Å². The molecular weight excluding hydrogens is 255 g/mol. The van der Waals surface area contributed by atoms with Gasteiger partial charge in [-0.3, -0.25) is 4.98 Å². The van der Waals surface area contributed by atoms with Crippen LogP contribution < -0.4 is 10.1 Å². The van der Waals surface area contributed by atoms with E-state index in [9.17, 15) is 4.39 Å². The molecule has 0 saturated carbocycles. The first kappa shape index (κ1) is 14.5. The van der Waals surface area contributed by atoms with Gasteiger partial charge >= 0.3 is 0 Å². The zero-order valence-corrected chi connectivity index (χ0v) is 11.6. The van der Waals surface area contributed by atoms with Crippen LogP contribution in [0.4, 0.5) is 4.39 Å². The third-order valence-corrected chi connectivity index (χ3v) is 2.82. The largest absolute Gasteiger partial charge is 0.487 e. The van der Waals surface area contributed by atoms with Gasteiger partial charge in [0, 0.05) is 18.8 Å². The molecule has 2 rings (SSSR count). The molecule has 106 valence electrons. The van der Waals surface area contributed by atoms with Crippen molar-refractivity contribution in [3.8, 4) is 5.75 Å². The first-order chi connectivity index (χ1) is 9.78. The summed E-state index contributed by atoms with van der Waals surface area (Å²) >= 11 is 0. The lowest BCUT2D eigenvalue weighted by Gasteiger charge is -2.07. The Kier molecular flexibility index (Phi) is 5.50. The summed E-state index contributed by atoms with van der Waals surface area (Å²) in [5.41, 5.74) is 1.97. The first-order valence-corrected chi connectivity index (χ1v) is 6.81. The van der Waals surface area contributed by atoms with Crippen LogP contribution in [0, 0.1) is 5.82 Å². The minimum absolute atomic E-state index is 0.298. The molecule has 0 aliphatic carbocycles. The molecule has 0 saturated heterocycles. The van der Waals surface area contributed by atoms with Gasteiger partial charge in [-0.2, -0.15) is 0 Å². The van der Waals surface area contributed by atoms with Gasteiger partial charge in [0.1, 0.15) is 18.2 Å². The number of hydrogen-bond donors (Lipinski definition) is 1. The molecule has 1 aromatic heterocycles. The topological polar surface area (TPSA) is 34.1 Å². The number of ether oxygens (including phenoxy) is 1. The van der Waals surface area contributed by atoms with E-state index in [1.54, 1.807) is 12.1 Å². The summed E-state index contributed by atoms with van der Waals surface area (Å²) in [6.45, 7) is 4.31. The average molecular weight is 274 g/mol. The highest BCUT2D eigenvalue weighted by Gasteiger charge is 1.99. The Labute approximate surface area is 118 Å². The maximum atomic E-state index is 13.0. The Bertz CT molecular complexity index is 528. The number of halogens is 1. The van der Waals surface area contributed by atoms with Crippen molar-refractivity contribution < 1.29 is 9.13 Å². The van der Waals surface area contributed by atoms with Gasteiger partial charge in [-0.05, 0) is 36.7 Å². The molecule has 0 bridgehead atoms. The molecule has 4 heteroatoms. The summed E-state index contributed by atoms with van der Waals surface area (Å²) in [5.74, 6) is 0.216. The SMILES string of the molecule is CCCNCc1ccc(COc2cccc(F)c2)nc1. The fourth-order valence-electron chi connectivity index (χ4n) is 1.77. The van der Waals surface area contributed by atoms with Crippen molar-refractivity contribution in [1.82, 2.24) is 10.3 Å². The maximum Gasteiger partial charge on any atom is 0.130 e. The van der Waals surface area contributed by atoms with Crippen molar-refractivity contribution in [1.29, 1.82) is 0 Å². The molecular formula is C16H19FN2O. The number of benzene rings is 1. The summed E-state index contributed by atoms with van der Waals surface area (Å²) in [6, 6.07) is 10.1. The van der Waals surface area contributed by atoms with E-state index in [2.05, 4.69) is 17.2 Å². The second kappa shape index (κ2) is 7.60. The predicted octanol–water partition coefficient (Wildman–Crippen LogP) is 3.30. The fourth-order valence-corrected chi connectivity index (χ4v) is 1.77. The lowest BCUT2D eigenvalue weighted by Crippen LogP contribution is -2.14. The lowest BCUT2D eigenvalue weighted by atomic mass is 10.2. The van der Waals surface area contributed by atoms with Gasteiger partial charge in [-0.25, -0.2) is 4.39 Å². The molecule has 1 heterocycles. The second-order valence-electron chi connectivity index (χ2n) is 4.58. The van der Waals surface area contributed by atoms with Gasteiger partial charge in [-0.15, -0.1) is 0 Å². The van der Waals surface area contributed by atoms with Gasteiger partial charge in [-0.1, -0.05) is 19.1 Å². The number of aromatic nitrogens is 1. The highest BCUT2D eigenvalue weighted by molar-refractivity contribution is 5.23. The van der Waals surface area contributed by atoms with Crippen LogP contribution in [-0.2, 0) is 13.2 Å². The monoisotopic (exact) mass is 274 g/mol. The second-order valence-corrected chi connectivity index (χ2v) is 4.58. The zero-order chi connectivity index (χ0) is 14.2. The molecule has 0 aliphatic heterocycles. The minimum atomic E-state index is -0.298. The Morgan fingerprint density at radius 2 is 2.15 bits per heavy atom. The van der Waals surface area contributed by atoms with E-state index < -0.39 is 0 Å². The van der Waals surface area contributed by atoms with Crippen molar-refractivity contribution in [2.45, 2.75) is 26.5 Å². The quantitative estimate of drug-likeness (QED) is 0.787. The molecule has 0 atom stereocenters.